The second-order valence-corrected chi connectivity index (χ2v) is 7.08. The van der Waals surface area contributed by atoms with Gasteiger partial charge in [0.25, 0.3) is 0 Å². The third kappa shape index (κ3) is 4.01. The largest absolute Gasteiger partial charge is 0.381 e. The summed E-state index contributed by atoms with van der Waals surface area (Å²) >= 11 is 0. The molecule has 3 heterocycles. The van der Waals surface area contributed by atoms with Crippen molar-refractivity contribution in [3.8, 4) is 0 Å². The molecule has 1 aromatic heterocycles. The van der Waals surface area contributed by atoms with E-state index in [1.165, 1.54) is 0 Å². The Labute approximate surface area is 149 Å². The summed E-state index contributed by atoms with van der Waals surface area (Å²) in [5, 5.41) is 3.47. The molecule has 0 atom stereocenters. The second kappa shape index (κ2) is 7.53. The van der Waals surface area contributed by atoms with E-state index in [1.807, 2.05) is 18.0 Å². The SMILES string of the molecule is CN1CCN(c2cc(NCC3(N(C)C)CCOCC3)ncn2)CC1=O. The fraction of sp³-hybridized carbons (Fsp3) is 0.706. The first kappa shape index (κ1) is 17.9. The van der Waals surface area contributed by atoms with Crippen LogP contribution in [0.5, 0.6) is 0 Å². The minimum atomic E-state index is 0.0766. The molecule has 0 spiro atoms. The van der Waals surface area contributed by atoms with E-state index in [4.69, 9.17) is 4.74 Å². The van der Waals surface area contributed by atoms with Gasteiger partial charge in [0.05, 0.1) is 6.54 Å². The predicted molar refractivity (Wildman–Crippen MR) is 96.8 cm³/mol. The second-order valence-electron chi connectivity index (χ2n) is 7.08. The molecule has 1 aromatic rings. The van der Waals surface area contributed by atoms with Crippen molar-refractivity contribution in [2.45, 2.75) is 18.4 Å². The molecule has 3 rings (SSSR count). The molecule has 2 aliphatic heterocycles. The quantitative estimate of drug-likeness (QED) is 0.819. The molecule has 0 unspecified atom stereocenters. The predicted octanol–water partition coefficient (Wildman–Crippen LogP) is 0.278. The van der Waals surface area contributed by atoms with Crippen LogP contribution in [0.25, 0.3) is 0 Å². The lowest BCUT2D eigenvalue weighted by Gasteiger charge is -2.43. The number of likely N-dealkylation sites (N-methyl/N-ethyl adjacent to an activating group) is 2. The Kier molecular flexibility index (Phi) is 5.39. The van der Waals surface area contributed by atoms with Gasteiger partial charge in [0.2, 0.25) is 5.91 Å². The molecule has 1 N–H and O–H groups in total. The number of nitrogens with zero attached hydrogens (tertiary/aromatic N) is 5. The molecule has 0 aliphatic carbocycles. The Balaban J connectivity index is 1.66. The number of anilines is 2. The highest BCUT2D eigenvalue weighted by Gasteiger charge is 2.34. The number of carbonyl (C=O) groups excluding carboxylic acids is 1. The zero-order valence-corrected chi connectivity index (χ0v) is 15.4. The Morgan fingerprint density at radius 3 is 2.72 bits per heavy atom. The van der Waals surface area contributed by atoms with Gasteiger partial charge in [0.15, 0.2) is 0 Å². The van der Waals surface area contributed by atoms with Crippen molar-refractivity contribution >= 4 is 17.5 Å². The number of ether oxygens (including phenoxy) is 1. The van der Waals surface area contributed by atoms with Crippen LogP contribution in [0, 0.1) is 0 Å². The molecule has 8 nitrogen and oxygen atoms in total. The van der Waals surface area contributed by atoms with Gasteiger partial charge in [0.1, 0.15) is 18.0 Å². The number of amides is 1. The van der Waals surface area contributed by atoms with Gasteiger partial charge < -0.3 is 24.8 Å². The van der Waals surface area contributed by atoms with Gasteiger partial charge in [-0.25, -0.2) is 9.97 Å². The summed E-state index contributed by atoms with van der Waals surface area (Å²) in [6, 6.07) is 1.93. The molecule has 8 heteroatoms. The zero-order chi connectivity index (χ0) is 17.9. The van der Waals surface area contributed by atoms with Crippen LogP contribution in [-0.2, 0) is 9.53 Å². The summed E-state index contributed by atoms with van der Waals surface area (Å²) in [7, 11) is 6.07. The number of nitrogens with one attached hydrogen (secondary N) is 1. The van der Waals surface area contributed by atoms with Gasteiger partial charge in [-0.15, -0.1) is 0 Å². The number of hydrogen-bond acceptors (Lipinski definition) is 7. The maximum atomic E-state index is 11.9. The highest BCUT2D eigenvalue weighted by molar-refractivity contribution is 5.82. The molecule has 0 saturated carbocycles. The molecule has 138 valence electrons. The lowest BCUT2D eigenvalue weighted by molar-refractivity contribution is -0.129. The first-order valence-electron chi connectivity index (χ1n) is 8.80. The summed E-state index contributed by atoms with van der Waals surface area (Å²) in [6.45, 7) is 4.26. The van der Waals surface area contributed by atoms with Crippen molar-refractivity contribution in [1.29, 1.82) is 0 Å². The Morgan fingerprint density at radius 1 is 1.28 bits per heavy atom. The minimum absolute atomic E-state index is 0.0766. The van der Waals surface area contributed by atoms with Crippen LogP contribution in [0.4, 0.5) is 11.6 Å². The molecule has 0 aromatic carbocycles. The van der Waals surface area contributed by atoms with Crippen LogP contribution in [0.1, 0.15) is 12.8 Å². The van der Waals surface area contributed by atoms with Crippen molar-refractivity contribution in [2.24, 2.45) is 0 Å². The van der Waals surface area contributed by atoms with E-state index < -0.39 is 0 Å². The van der Waals surface area contributed by atoms with Crippen LogP contribution in [0.15, 0.2) is 12.4 Å². The Bertz CT molecular complexity index is 603. The number of rotatable bonds is 5. The highest BCUT2D eigenvalue weighted by atomic mass is 16.5. The van der Waals surface area contributed by atoms with E-state index in [-0.39, 0.29) is 11.4 Å². The molecular formula is C17H28N6O2. The van der Waals surface area contributed by atoms with Crippen molar-refractivity contribution in [2.75, 3.05) is 70.8 Å². The summed E-state index contributed by atoms with van der Waals surface area (Å²) in [6.07, 6.45) is 3.56. The average Bonchev–Trinajstić information content (AvgIpc) is 2.63. The normalized spacial score (nSPS) is 20.9. The van der Waals surface area contributed by atoms with E-state index in [0.717, 1.165) is 57.3 Å². The van der Waals surface area contributed by atoms with Gasteiger partial charge in [-0.3, -0.25) is 4.79 Å². The van der Waals surface area contributed by atoms with Gasteiger partial charge in [0, 0.05) is 51.5 Å². The van der Waals surface area contributed by atoms with E-state index in [0.29, 0.717) is 6.54 Å². The zero-order valence-electron chi connectivity index (χ0n) is 15.4. The fourth-order valence-corrected chi connectivity index (χ4v) is 3.36. The van der Waals surface area contributed by atoms with E-state index in [1.54, 1.807) is 11.2 Å². The highest BCUT2D eigenvalue weighted by Crippen LogP contribution is 2.26. The number of piperazine rings is 1. The maximum Gasteiger partial charge on any atom is 0.241 e. The van der Waals surface area contributed by atoms with Crippen LogP contribution in [-0.4, -0.2) is 91.7 Å². The summed E-state index contributed by atoms with van der Waals surface area (Å²) in [4.78, 5) is 26.7. The number of aromatic nitrogens is 2. The Morgan fingerprint density at radius 2 is 2.04 bits per heavy atom. The first-order chi connectivity index (χ1) is 12.0. The van der Waals surface area contributed by atoms with Gasteiger partial charge in [-0.1, -0.05) is 0 Å². The van der Waals surface area contributed by atoms with Gasteiger partial charge in [-0.2, -0.15) is 0 Å². The minimum Gasteiger partial charge on any atom is -0.381 e. The standard InChI is InChI=1S/C17H28N6O2/c1-21(2)17(4-8-25-9-5-17)12-18-14-10-15(20-13-19-14)23-7-6-22(3)16(24)11-23/h10,13H,4-9,11-12H2,1-3H3,(H,18,19,20). The van der Waals surface area contributed by atoms with Crippen molar-refractivity contribution in [3.05, 3.63) is 12.4 Å². The fourth-order valence-electron chi connectivity index (χ4n) is 3.36. The summed E-state index contributed by atoms with van der Waals surface area (Å²) in [5.41, 5.74) is 0.0766. The molecule has 0 radical (unpaired) electrons. The van der Waals surface area contributed by atoms with E-state index >= 15 is 0 Å². The lowest BCUT2D eigenvalue weighted by Crippen LogP contribution is -2.53. The van der Waals surface area contributed by atoms with E-state index in [2.05, 4.69) is 34.3 Å². The molecule has 2 saturated heterocycles. The van der Waals surface area contributed by atoms with Crippen molar-refractivity contribution in [1.82, 2.24) is 19.8 Å². The molecule has 2 fully saturated rings. The number of hydrogen-bond donors (Lipinski definition) is 1. The van der Waals surface area contributed by atoms with Crippen LogP contribution >= 0.6 is 0 Å². The Hall–Kier alpha value is -1.93. The average molecular weight is 348 g/mol. The first-order valence-corrected chi connectivity index (χ1v) is 8.80. The smallest absolute Gasteiger partial charge is 0.241 e. The van der Waals surface area contributed by atoms with Crippen LogP contribution in [0.3, 0.4) is 0 Å². The van der Waals surface area contributed by atoms with Crippen LogP contribution in [0.2, 0.25) is 0 Å². The molecule has 25 heavy (non-hydrogen) atoms. The molecule has 0 bridgehead atoms. The third-order valence-electron chi connectivity index (χ3n) is 5.40. The van der Waals surface area contributed by atoms with Gasteiger partial charge >= 0.3 is 0 Å². The molecule has 1 amide bonds. The topological polar surface area (TPSA) is 73.8 Å². The van der Waals surface area contributed by atoms with Crippen molar-refractivity contribution < 1.29 is 9.53 Å². The van der Waals surface area contributed by atoms with E-state index in [9.17, 15) is 4.79 Å². The number of carbonyl (C=O) groups is 1. The van der Waals surface area contributed by atoms with Crippen molar-refractivity contribution in [3.63, 3.8) is 0 Å². The summed E-state index contributed by atoms with van der Waals surface area (Å²) < 4.78 is 5.52. The lowest BCUT2D eigenvalue weighted by atomic mass is 9.88. The van der Waals surface area contributed by atoms with Crippen LogP contribution < -0.4 is 10.2 Å². The summed E-state index contributed by atoms with van der Waals surface area (Å²) in [5.74, 6) is 1.71. The monoisotopic (exact) mass is 348 g/mol. The maximum absolute atomic E-state index is 11.9. The molecular weight excluding hydrogens is 320 g/mol. The molecule has 2 aliphatic rings. The van der Waals surface area contributed by atoms with Gasteiger partial charge in [-0.05, 0) is 26.9 Å². The third-order valence-corrected chi connectivity index (χ3v) is 5.40.